The molecule has 1 aromatic carbocycles. The molecule has 2 aromatic rings. The van der Waals surface area contributed by atoms with Gasteiger partial charge < -0.3 is 14.6 Å². The highest BCUT2D eigenvalue weighted by Gasteiger charge is 2.30. The first kappa shape index (κ1) is 11.4. The number of hydrogen-bond donors (Lipinski definition) is 2. The third kappa shape index (κ3) is 2.06. The lowest BCUT2D eigenvalue weighted by Gasteiger charge is -2.07. The van der Waals surface area contributed by atoms with Crippen LogP contribution in [0.4, 0.5) is 13.2 Å². The van der Waals surface area contributed by atoms with Gasteiger partial charge in [0.1, 0.15) is 11.8 Å². The highest BCUT2D eigenvalue weighted by atomic mass is 19.4. The van der Waals surface area contributed by atoms with E-state index >= 15 is 0 Å². The monoisotopic (exact) mass is 244 g/mol. The first-order valence-corrected chi connectivity index (χ1v) is 4.56. The highest BCUT2D eigenvalue weighted by Crippen LogP contribution is 2.39. The van der Waals surface area contributed by atoms with E-state index in [1.54, 1.807) is 0 Å². The van der Waals surface area contributed by atoms with Crippen LogP contribution >= 0.6 is 0 Å². The van der Waals surface area contributed by atoms with Gasteiger partial charge in [-0.05, 0) is 17.7 Å². The first-order valence-electron chi connectivity index (χ1n) is 4.56. The summed E-state index contributed by atoms with van der Waals surface area (Å²) in [6, 6.07) is 4.02. The average molecular weight is 244 g/mol. The molecule has 0 unspecified atom stereocenters. The molecule has 0 spiro atoms. The molecule has 2 N–H and O–H groups in total. The van der Waals surface area contributed by atoms with Crippen LogP contribution in [0.3, 0.4) is 0 Å². The van der Waals surface area contributed by atoms with Gasteiger partial charge >= 0.3 is 6.18 Å². The lowest BCUT2D eigenvalue weighted by atomic mass is 10.1. The first-order chi connectivity index (χ1) is 7.89. The molecule has 0 atom stereocenters. The summed E-state index contributed by atoms with van der Waals surface area (Å²) in [4.78, 5) is 0. The summed E-state index contributed by atoms with van der Waals surface area (Å²) < 4.78 is 41.4. The minimum atomic E-state index is -4.42. The Morgan fingerprint density at radius 2 is 1.59 bits per heavy atom. The lowest BCUT2D eigenvalue weighted by Crippen LogP contribution is -2.03. The number of alkyl halides is 3. The zero-order chi connectivity index (χ0) is 12.6. The molecule has 0 amide bonds. The van der Waals surface area contributed by atoms with Crippen LogP contribution in [0.5, 0.6) is 11.7 Å². The van der Waals surface area contributed by atoms with Gasteiger partial charge in [-0.1, -0.05) is 12.1 Å². The van der Waals surface area contributed by atoms with Crippen molar-refractivity contribution in [1.82, 2.24) is 0 Å². The normalized spacial score (nSPS) is 11.7. The van der Waals surface area contributed by atoms with Crippen molar-refractivity contribution in [1.29, 1.82) is 0 Å². The van der Waals surface area contributed by atoms with E-state index in [-0.39, 0.29) is 16.9 Å². The number of halogens is 3. The van der Waals surface area contributed by atoms with Crippen molar-refractivity contribution in [2.45, 2.75) is 6.18 Å². The fraction of sp³-hybridized carbons (Fsp3) is 0.0909. The largest absolute Gasteiger partial charge is 0.504 e. The molecule has 0 radical (unpaired) electrons. The van der Waals surface area contributed by atoms with Gasteiger partial charge in [-0.15, -0.1) is 0 Å². The maximum atomic E-state index is 12.3. The van der Waals surface area contributed by atoms with Gasteiger partial charge in [0, 0.05) is 0 Å². The molecule has 0 aliphatic rings. The van der Waals surface area contributed by atoms with Crippen molar-refractivity contribution < 1.29 is 27.8 Å². The highest BCUT2D eigenvalue weighted by molar-refractivity contribution is 5.74. The molecular formula is C11H7F3O3. The van der Waals surface area contributed by atoms with E-state index in [2.05, 4.69) is 4.42 Å². The van der Waals surface area contributed by atoms with Gasteiger partial charge in [0.05, 0.1) is 5.56 Å². The Morgan fingerprint density at radius 3 is 2.00 bits per heavy atom. The molecule has 0 saturated heterocycles. The van der Waals surface area contributed by atoms with Crippen molar-refractivity contribution >= 4 is 0 Å². The fourth-order valence-electron chi connectivity index (χ4n) is 1.44. The van der Waals surface area contributed by atoms with Crippen molar-refractivity contribution in [3.8, 4) is 22.8 Å². The van der Waals surface area contributed by atoms with Gasteiger partial charge in [-0.2, -0.15) is 13.2 Å². The van der Waals surface area contributed by atoms with E-state index in [0.717, 1.165) is 30.5 Å². The van der Waals surface area contributed by atoms with Gasteiger partial charge in [0.15, 0.2) is 5.75 Å². The molecule has 17 heavy (non-hydrogen) atoms. The average Bonchev–Trinajstić information content (AvgIpc) is 2.58. The Kier molecular flexibility index (Phi) is 2.49. The molecule has 0 aliphatic carbocycles. The van der Waals surface area contributed by atoms with Gasteiger partial charge in [0.25, 0.3) is 5.95 Å². The standard InChI is InChI=1S/C11H7F3O3/c12-11(13,14)7-3-1-6(2-4-7)9-8(15)5-17-10(9)16/h1-5,15-16H. The quantitative estimate of drug-likeness (QED) is 0.808. The van der Waals surface area contributed by atoms with Gasteiger partial charge in [-0.25, -0.2) is 0 Å². The van der Waals surface area contributed by atoms with Gasteiger partial charge in [-0.3, -0.25) is 0 Å². The number of rotatable bonds is 1. The van der Waals surface area contributed by atoms with E-state index in [4.69, 9.17) is 0 Å². The molecular weight excluding hydrogens is 237 g/mol. The molecule has 0 bridgehead atoms. The van der Waals surface area contributed by atoms with Crippen molar-refractivity contribution in [3.05, 3.63) is 36.1 Å². The van der Waals surface area contributed by atoms with Crippen molar-refractivity contribution in [2.75, 3.05) is 0 Å². The van der Waals surface area contributed by atoms with Crippen LogP contribution in [-0.2, 0) is 6.18 Å². The van der Waals surface area contributed by atoms with Gasteiger partial charge in [0.2, 0.25) is 0 Å². The van der Waals surface area contributed by atoms with Crippen LogP contribution in [0.2, 0.25) is 0 Å². The molecule has 0 fully saturated rings. The second-order valence-electron chi connectivity index (χ2n) is 3.38. The Bertz CT molecular complexity index is 506. The van der Waals surface area contributed by atoms with Crippen LogP contribution in [0.15, 0.2) is 34.9 Å². The van der Waals surface area contributed by atoms with E-state index in [9.17, 15) is 23.4 Å². The van der Waals surface area contributed by atoms with Crippen LogP contribution in [-0.4, -0.2) is 10.2 Å². The summed E-state index contributed by atoms with van der Waals surface area (Å²) in [7, 11) is 0. The Labute approximate surface area is 93.7 Å². The smallest absolute Gasteiger partial charge is 0.416 e. The fourth-order valence-corrected chi connectivity index (χ4v) is 1.44. The van der Waals surface area contributed by atoms with E-state index in [1.165, 1.54) is 0 Å². The van der Waals surface area contributed by atoms with Crippen LogP contribution in [0, 0.1) is 0 Å². The number of hydrogen-bond acceptors (Lipinski definition) is 3. The molecule has 0 saturated carbocycles. The maximum Gasteiger partial charge on any atom is 0.416 e. The third-order valence-electron chi connectivity index (χ3n) is 2.25. The summed E-state index contributed by atoms with van der Waals surface area (Å²) in [6.07, 6.45) is -3.51. The van der Waals surface area contributed by atoms with E-state index in [0.29, 0.717) is 0 Å². The SMILES string of the molecule is Oc1coc(O)c1-c1ccc(C(F)(F)F)cc1. The summed E-state index contributed by atoms with van der Waals surface area (Å²) in [6.45, 7) is 0. The Balaban J connectivity index is 2.43. The van der Waals surface area contributed by atoms with E-state index in [1.807, 2.05) is 0 Å². The van der Waals surface area contributed by atoms with Crippen molar-refractivity contribution in [2.24, 2.45) is 0 Å². The second-order valence-corrected chi connectivity index (χ2v) is 3.38. The third-order valence-corrected chi connectivity index (χ3v) is 2.25. The second kappa shape index (κ2) is 3.73. The molecule has 1 heterocycles. The molecule has 1 aromatic heterocycles. The summed E-state index contributed by atoms with van der Waals surface area (Å²) in [5.41, 5.74) is -0.593. The van der Waals surface area contributed by atoms with Crippen LogP contribution in [0.25, 0.3) is 11.1 Å². The topological polar surface area (TPSA) is 53.6 Å². The van der Waals surface area contributed by atoms with Crippen molar-refractivity contribution in [3.63, 3.8) is 0 Å². The maximum absolute atomic E-state index is 12.3. The summed E-state index contributed by atoms with van der Waals surface area (Å²) in [5, 5.41) is 18.6. The Hall–Kier alpha value is -2.11. The minimum Gasteiger partial charge on any atom is -0.504 e. The van der Waals surface area contributed by atoms with Crippen LogP contribution in [0.1, 0.15) is 5.56 Å². The molecule has 2 rings (SSSR count). The van der Waals surface area contributed by atoms with E-state index < -0.39 is 17.7 Å². The molecule has 0 aliphatic heterocycles. The summed E-state index contributed by atoms with van der Waals surface area (Å²) >= 11 is 0. The molecule has 6 heteroatoms. The predicted octanol–water partition coefficient (Wildman–Crippen LogP) is 3.38. The summed E-state index contributed by atoms with van der Waals surface area (Å²) in [5.74, 6) is -0.871. The molecule has 90 valence electrons. The zero-order valence-electron chi connectivity index (χ0n) is 8.32. The molecule has 3 nitrogen and oxygen atoms in total. The lowest BCUT2D eigenvalue weighted by molar-refractivity contribution is -0.137. The number of aromatic hydroxyl groups is 2. The minimum absolute atomic E-state index is 0.0290. The number of furan rings is 1. The van der Waals surface area contributed by atoms with Crippen LogP contribution < -0.4 is 0 Å². The zero-order valence-corrected chi connectivity index (χ0v) is 8.32. The predicted molar refractivity (Wildman–Crippen MR) is 52.5 cm³/mol. The number of benzene rings is 1. The Morgan fingerprint density at radius 1 is 1.00 bits per heavy atom.